The van der Waals surface area contributed by atoms with Gasteiger partial charge in [-0.1, -0.05) is 20.8 Å². The van der Waals surface area contributed by atoms with E-state index in [2.05, 4.69) is 82.6 Å². The zero-order chi connectivity index (χ0) is 21.3. The number of aryl methyl sites for hydroxylation is 2. The Kier molecular flexibility index (Phi) is 6.27. The van der Waals surface area contributed by atoms with Crippen LogP contribution in [0, 0.1) is 13.8 Å². The van der Waals surface area contributed by atoms with E-state index >= 15 is 0 Å². The number of methoxy groups -OCH3 is 1. The zero-order valence-electron chi connectivity index (χ0n) is 19.1. The fraction of sp³-hybridized carbons (Fsp3) is 0.500. The minimum Gasteiger partial charge on any atom is -0.480 e. The first-order chi connectivity index (χ1) is 13.8. The van der Waals surface area contributed by atoms with E-state index in [4.69, 9.17) is 14.7 Å². The molecule has 3 rings (SSSR count). The Balaban J connectivity index is 2.15. The summed E-state index contributed by atoms with van der Waals surface area (Å²) in [4.78, 5) is 12.1. The van der Waals surface area contributed by atoms with Gasteiger partial charge in [-0.15, -0.1) is 0 Å². The van der Waals surface area contributed by atoms with Crippen LogP contribution in [0.3, 0.4) is 0 Å². The topological polar surface area (TPSA) is 43.2 Å². The van der Waals surface area contributed by atoms with Gasteiger partial charge in [0.15, 0.2) is 0 Å². The molecule has 0 radical (unpaired) electrons. The SMILES string of the molecule is CC[C@@H](CN(C)C)n1cc(C)c2nc(-c3ccc(C(C)C)nc3OC)c(C)cc21. The Labute approximate surface area is 174 Å². The molecule has 0 fully saturated rings. The predicted octanol–water partition coefficient (Wildman–Crippen LogP) is 5.36. The molecule has 0 saturated heterocycles. The molecule has 1 atom stereocenters. The largest absolute Gasteiger partial charge is 0.480 e. The summed E-state index contributed by atoms with van der Waals surface area (Å²) in [6.45, 7) is 11.8. The van der Waals surface area contributed by atoms with Gasteiger partial charge in [0.05, 0.1) is 29.4 Å². The predicted molar refractivity (Wildman–Crippen MR) is 121 cm³/mol. The summed E-state index contributed by atoms with van der Waals surface area (Å²) in [5, 5.41) is 0. The molecule has 3 aromatic rings. The number of fused-ring (bicyclic) bond motifs is 1. The van der Waals surface area contributed by atoms with Crippen molar-refractivity contribution >= 4 is 11.0 Å². The Morgan fingerprint density at radius 2 is 1.83 bits per heavy atom. The van der Waals surface area contributed by atoms with Crippen molar-refractivity contribution in [2.24, 2.45) is 0 Å². The highest BCUT2D eigenvalue weighted by atomic mass is 16.5. The summed E-state index contributed by atoms with van der Waals surface area (Å²) in [5.41, 5.74) is 7.50. The summed E-state index contributed by atoms with van der Waals surface area (Å²) in [5.74, 6) is 0.996. The van der Waals surface area contributed by atoms with Crippen LogP contribution in [0.15, 0.2) is 24.4 Å². The van der Waals surface area contributed by atoms with E-state index in [1.165, 1.54) is 11.1 Å². The fourth-order valence-electron chi connectivity index (χ4n) is 3.95. The van der Waals surface area contributed by atoms with Gasteiger partial charge in [0.1, 0.15) is 0 Å². The average molecular weight is 395 g/mol. The molecule has 0 aliphatic heterocycles. The molecule has 0 aromatic carbocycles. The van der Waals surface area contributed by atoms with Gasteiger partial charge in [-0.25, -0.2) is 9.97 Å². The Bertz CT molecular complexity index is 1000. The van der Waals surface area contributed by atoms with Gasteiger partial charge in [0, 0.05) is 24.5 Å². The van der Waals surface area contributed by atoms with E-state index in [-0.39, 0.29) is 0 Å². The number of ether oxygens (including phenoxy) is 1. The standard InChI is InChI=1S/C24H34N4O/c1-9-18(14-27(6)7)28-13-17(5)23-21(28)12-16(4)22(26-23)19-10-11-20(15(2)3)25-24(19)29-8/h10-13,15,18H,9,14H2,1-8H3/t18-/m0/s1. The summed E-state index contributed by atoms with van der Waals surface area (Å²) in [6.07, 6.45) is 3.33. The van der Waals surface area contributed by atoms with Crippen molar-refractivity contribution < 1.29 is 4.74 Å². The van der Waals surface area contributed by atoms with Crippen molar-refractivity contribution in [3.8, 4) is 17.1 Å². The monoisotopic (exact) mass is 394 g/mol. The summed E-state index contributed by atoms with van der Waals surface area (Å²) < 4.78 is 8.03. The molecule has 0 amide bonds. The van der Waals surface area contributed by atoms with Gasteiger partial charge in [0.25, 0.3) is 0 Å². The number of pyridine rings is 2. The van der Waals surface area contributed by atoms with Gasteiger partial charge in [-0.2, -0.15) is 0 Å². The second kappa shape index (κ2) is 8.54. The first-order valence-corrected chi connectivity index (χ1v) is 10.5. The molecule has 29 heavy (non-hydrogen) atoms. The second-order valence-electron chi connectivity index (χ2n) is 8.51. The molecule has 156 valence electrons. The Morgan fingerprint density at radius 1 is 1.10 bits per heavy atom. The van der Waals surface area contributed by atoms with Crippen LogP contribution >= 0.6 is 0 Å². The van der Waals surface area contributed by atoms with E-state index in [1.54, 1.807) is 7.11 Å². The number of likely N-dealkylation sites (N-methyl/N-ethyl adjacent to an activating group) is 1. The van der Waals surface area contributed by atoms with E-state index in [0.717, 1.165) is 41.0 Å². The lowest BCUT2D eigenvalue weighted by Gasteiger charge is -2.22. The van der Waals surface area contributed by atoms with Crippen LogP contribution in [0.4, 0.5) is 0 Å². The zero-order valence-corrected chi connectivity index (χ0v) is 19.1. The van der Waals surface area contributed by atoms with Crippen LogP contribution in [0.2, 0.25) is 0 Å². The van der Waals surface area contributed by atoms with E-state index in [9.17, 15) is 0 Å². The van der Waals surface area contributed by atoms with Crippen molar-refractivity contribution in [1.29, 1.82) is 0 Å². The first-order valence-electron chi connectivity index (χ1n) is 10.5. The summed E-state index contributed by atoms with van der Waals surface area (Å²) >= 11 is 0. The highest BCUT2D eigenvalue weighted by Crippen LogP contribution is 2.34. The van der Waals surface area contributed by atoms with Crippen molar-refractivity contribution in [2.45, 2.75) is 53.0 Å². The molecule has 0 N–H and O–H groups in total. The molecule has 0 bridgehead atoms. The summed E-state index contributed by atoms with van der Waals surface area (Å²) in [6, 6.07) is 6.86. The summed E-state index contributed by atoms with van der Waals surface area (Å²) in [7, 11) is 5.93. The molecule has 0 unspecified atom stereocenters. The van der Waals surface area contributed by atoms with E-state index in [1.807, 2.05) is 0 Å². The van der Waals surface area contributed by atoms with Crippen LogP contribution in [0.25, 0.3) is 22.3 Å². The lowest BCUT2D eigenvalue weighted by atomic mass is 10.0. The highest BCUT2D eigenvalue weighted by molar-refractivity contribution is 5.85. The van der Waals surface area contributed by atoms with Crippen molar-refractivity contribution in [2.75, 3.05) is 27.7 Å². The van der Waals surface area contributed by atoms with Gasteiger partial charge in [-0.05, 0) is 69.6 Å². The lowest BCUT2D eigenvalue weighted by Crippen LogP contribution is -2.23. The molecule has 5 nitrogen and oxygen atoms in total. The quantitative estimate of drug-likeness (QED) is 0.541. The molecular formula is C24H34N4O. The van der Waals surface area contributed by atoms with Crippen molar-refractivity contribution in [3.05, 3.63) is 41.2 Å². The maximum absolute atomic E-state index is 5.63. The second-order valence-corrected chi connectivity index (χ2v) is 8.51. The smallest absolute Gasteiger partial charge is 0.222 e. The lowest BCUT2D eigenvalue weighted by molar-refractivity contribution is 0.321. The molecule has 3 heterocycles. The molecular weight excluding hydrogens is 360 g/mol. The van der Waals surface area contributed by atoms with Crippen molar-refractivity contribution in [1.82, 2.24) is 19.4 Å². The minimum absolute atomic E-state index is 0.355. The van der Waals surface area contributed by atoms with Crippen molar-refractivity contribution in [3.63, 3.8) is 0 Å². The van der Waals surface area contributed by atoms with Gasteiger partial charge < -0.3 is 14.2 Å². The molecule has 0 spiro atoms. The van der Waals surface area contributed by atoms with E-state index in [0.29, 0.717) is 17.8 Å². The maximum Gasteiger partial charge on any atom is 0.222 e. The van der Waals surface area contributed by atoms with Gasteiger partial charge >= 0.3 is 0 Å². The number of nitrogens with zero attached hydrogens (tertiary/aromatic N) is 4. The van der Waals surface area contributed by atoms with Crippen LogP contribution in [-0.4, -0.2) is 47.2 Å². The third-order valence-corrected chi connectivity index (χ3v) is 5.54. The van der Waals surface area contributed by atoms with Crippen LogP contribution in [0.5, 0.6) is 5.88 Å². The van der Waals surface area contributed by atoms with Gasteiger partial charge in [-0.3, -0.25) is 0 Å². The maximum atomic E-state index is 5.63. The van der Waals surface area contributed by atoms with E-state index < -0.39 is 0 Å². The van der Waals surface area contributed by atoms with Crippen LogP contribution in [0.1, 0.15) is 56.0 Å². The molecule has 0 saturated carbocycles. The van der Waals surface area contributed by atoms with Gasteiger partial charge in [0.2, 0.25) is 5.88 Å². The normalized spacial score (nSPS) is 12.9. The van der Waals surface area contributed by atoms with Crippen LogP contribution in [-0.2, 0) is 0 Å². The number of rotatable bonds is 7. The third kappa shape index (κ3) is 4.15. The van der Waals surface area contributed by atoms with Crippen LogP contribution < -0.4 is 4.74 Å². The molecule has 3 aromatic heterocycles. The molecule has 5 heteroatoms. The number of hydrogen-bond acceptors (Lipinski definition) is 4. The first kappa shape index (κ1) is 21.3. The molecule has 0 aliphatic carbocycles. The third-order valence-electron chi connectivity index (χ3n) is 5.54. The Hall–Kier alpha value is -2.40. The number of aromatic nitrogens is 3. The minimum atomic E-state index is 0.355. The number of hydrogen-bond donors (Lipinski definition) is 0. The highest BCUT2D eigenvalue weighted by Gasteiger charge is 2.19. The Morgan fingerprint density at radius 3 is 2.41 bits per heavy atom. The average Bonchev–Trinajstić information content (AvgIpc) is 3.00. The molecule has 0 aliphatic rings. The fourth-order valence-corrected chi connectivity index (χ4v) is 3.95.